The van der Waals surface area contributed by atoms with Crippen LogP contribution in [0.5, 0.6) is 0 Å². The van der Waals surface area contributed by atoms with Crippen molar-refractivity contribution in [2.45, 2.75) is 30.2 Å². The van der Waals surface area contributed by atoms with Crippen LogP contribution < -0.4 is 27.2 Å². The van der Waals surface area contributed by atoms with Crippen LogP contribution in [-0.2, 0) is 22.6 Å². The number of aromatic nitrogens is 2. The van der Waals surface area contributed by atoms with Gasteiger partial charge in [-0.2, -0.15) is 0 Å². The smallest absolute Gasteiger partial charge is 0.330 e. The van der Waals surface area contributed by atoms with E-state index in [0.717, 1.165) is 15.0 Å². The molecule has 1 aliphatic rings. The summed E-state index contributed by atoms with van der Waals surface area (Å²) in [6, 6.07) is 14.1. The molecule has 0 radical (unpaired) electrons. The molecule has 1 unspecified atom stereocenters. The predicted octanol–water partition coefficient (Wildman–Crippen LogP) is 2.04. The quantitative estimate of drug-likeness (QED) is 0.456. The number of anilines is 3. The monoisotopic (exact) mass is 495 g/mol. The molecule has 0 aliphatic carbocycles. The van der Waals surface area contributed by atoms with Crippen LogP contribution in [0.4, 0.5) is 17.2 Å². The molecule has 0 fully saturated rings. The van der Waals surface area contributed by atoms with Gasteiger partial charge in [-0.15, -0.1) is 11.8 Å². The van der Waals surface area contributed by atoms with Gasteiger partial charge in [-0.1, -0.05) is 30.3 Å². The number of carbonyl (C=O) groups excluding carboxylic acids is 2. The number of nitrogen functional groups attached to an aromatic ring is 1. The number of amides is 2. The zero-order valence-electron chi connectivity index (χ0n) is 19.2. The summed E-state index contributed by atoms with van der Waals surface area (Å²) in [4.78, 5) is 55.6. The molecule has 35 heavy (non-hydrogen) atoms. The van der Waals surface area contributed by atoms with Crippen molar-refractivity contribution in [1.29, 1.82) is 0 Å². The second kappa shape index (κ2) is 10.2. The molecule has 2 aromatic carbocycles. The van der Waals surface area contributed by atoms with Gasteiger partial charge >= 0.3 is 5.69 Å². The van der Waals surface area contributed by atoms with Gasteiger partial charge in [0.25, 0.3) is 11.5 Å². The van der Waals surface area contributed by atoms with E-state index in [2.05, 4.69) is 10.3 Å². The van der Waals surface area contributed by atoms with Gasteiger partial charge in [-0.05, 0) is 30.7 Å². The van der Waals surface area contributed by atoms with Crippen LogP contribution in [0.3, 0.4) is 0 Å². The van der Waals surface area contributed by atoms with E-state index in [4.69, 9.17) is 10.5 Å². The fraction of sp³-hybridized carbons (Fsp3) is 0.250. The number of thioether (sulfide) groups is 1. The summed E-state index contributed by atoms with van der Waals surface area (Å²) in [7, 11) is 1.48. The highest BCUT2D eigenvalue weighted by Crippen LogP contribution is 2.36. The number of nitrogens with one attached hydrogen (secondary N) is 2. The summed E-state index contributed by atoms with van der Waals surface area (Å²) in [5, 5.41) is 2.57. The maximum atomic E-state index is 13.8. The van der Waals surface area contributed by atoms with Crippen LogP contribution in [-0.4, -0.2) is 40.3 Å². The van der Waals surface area contributed by atoms with E-state index in [-0.39, 0.29) is 47.9 Å². The number of H-pyrrole nitrogens is 1. The van der Waals surface area contributed by atoms with Gasteiger partial charge in [-0.3, -0.25) is 28.8 Å². The van der Waals surface area contributed by atoms with Crippen molar-refractivity contribution in [3.63, 3.8) is 0 Å². The maximum Gasteiger partial charge on any atom is 0.330 e. The summed E-state index contributed by atoms with van der Waals surface area (Å²) in [5.41, 5.74) is 6.20. The first-order valence-electron chi connectivity index (χ1n) is 10.9. The van der Waals surface area contributed by atoms with Gasteiger partial charge in [0.1, 0.15) is 5.82 Å². The number of methoxy groups -OCH3 is 1. The molecule has 0 saturated carbocycles. The Morgan fingerprint density at radius 2 is 1.91 bits per heavy atom. The zero-order valence-corrected chi connectivity index (χ0v) is 20.1. The van der Waals surface area contributed by atoms with E-state index >= 15 is 0 Å². The Hall–Kier alpha value is -3.83. The minimum atomic E-state index is -0.777. The van der Waals surface area contributed by atoms with Gasteiger partial charge in [0.15, 0.2) is 5.69 Å². The fourth-order valence-corrected chi connectivity index (χ4v) is 4.69. The molecule has 0 spiro atoms. The van der Waals surface area contributed by atoms with Gasteiger partial charge in [0.05, 0.1) is 30.6 Å². The molecule has 4 N–H and O–H groups in total. The van der Waals surface area contributed by atoms with E-state index in [1.165, 1.54) is 23.8 Å². The highest BCUT2D eigenvalue weighted by Gasteiger charge is 2.28. The van der Waals surface area contributed by atoms with Crippen molar-refractivity contribution in [3.05, 3.63) is 80.5 Å². The molecule has 11 heteroatoms. The largest absolute Gasteiger partial charge is 0.383 e. The SMILES string of the molecule is COCCn1c(N)c(N(Cc2ccccc2)C(=O)c2ccc3c(c2)NC(=O)C(C)S3)c(=O)[nH]c1=O. The van der Waals surface area contributed by atoms with Gasteiger partial charge < -0.3 is 15.8 Å². The van der Waals surface area contributed by atoms with Gasteiger partial charge in [0, 0.05) is 17.6 Å². The number of benzene rings is 2. The Balaban J connectivity index is 1.81. The molecular weight excluding hydrogens is 470 g/mol. The highest BCUT2D eigenvalue weighted by molar-refractivity contribution is 8.00. The number of ether oxygens (including phenoxy) is 1. The Morgan fingerprint density at radius 1 is 1.17 bits per heavy atom. The van der Waals surface area contributed by atoms with Crippen LogP contribution in [0.2, 0.25) is 0 Å². The van der Waals surface area contributed by atoms with E-state index in [0.29, 0.717) is 5.69 Å². The first kappa shape index (κ1) is 24.3. The first-order chi connectivity index (χ1) is 16.8. The van der Waals surface area contributed by atoms with Crippen molar-refractivity contribution in [2.75, 3.05) is 29.7 Å². The van der Waals surface area contributed by atoms with E-state index < -0.39 is 17.2 Å². The van der Waals surface area contributed by atoms with Crippen molar-refractivity contribution in [1.82, 2.24) is 9.55 Å². The lowest BCUT2D eigenvalue weighted by Crippen LogP contribution is -2.41. The molecular formula is C24H25N5O5S. The third-order valence-electron chi connectivity index (χ3n) is 5.59. The number of hydrogen-bond acceptors (Lipinski definition) is 7. The third-order valence-corrected chi connectivity index (χ3v) is 6.77. The number of fused-ring (bicyclic) bond motifs is 1. The van der Waals surface area contributed by atoms with Gasteiger partial charge in [0.2, 0.25) is 5.91 Å². The average molecular weight is 496 g/mol. The standard InChI is InChI=1S/C24H25N5O5S/c1-14-21(30)26-17-12-16(8-9-18(17)35-14)23(32)29(13-15-6-4-3-5-7-15)19-20(25)28(10-11-34-2)24(33)27-22(19)31/h3-9,12,14H,10-11,13,25H2,1-2H3,(H,26,30)(H,27,31,33). The number of nitrogens with zero attached hydrogens (tertiary/aromatic N) is 2. The minimum absolute atomic E-state index is 0.0324. The highest BCUT2D eigenvalue weighted by atomic mass is 32.2. The number of hydrogen-bond donors (Lipinski definition) is 3. The molecule has 1 aromatic heterocycles. The second-order valence-electron chi connectivity index (χ2n) is 7.97. The predicted molar refractivity (Wildman–Crippen MR) is 135 cm³/mol. The lowest BCUT2D eigenvalue weighted by Gasteiger charge is -2.26. The van der Waals surface area contributed by atoms with Crippen LogP contribution in [0.15, 0.2) is 63.0 Å². The molecule has 182 valence electrons. The molecule has 1 aliphatic heterocycles. The summed E-state index contributed by atoms with van der Waals surface area (Å²) in [5.74, 6) is -0.807. The Labute approximate surface area is 205 Å². The number of nitrogens with two attached hydrogens (primary N) is 1. The zero-order chi connectivity index (χ0) is 25.1. The molecule has 4 rings (SSSR count). The average Bonchev–Trinajstić information content (AvgIpc) is 2.84. The third kappa shape index (κ3) is 5.00. The molecule has 2 amide bonds. The van der Waals surface area contributed by atoms with Crippen LogP contribution >= 0.6 is 11.8 Å². The molecule has 0 saturated heterocycles. The van der Waals surface area contributed by atoms with Crippen molar-refractivity contribution in [2.24, 2.45) is 0 Å². The Bertz CT molecular complexity index is 1390. The topological polar surface area (TPSA) is 140 Å². The molecule has 10 nitrogen and oxygen atoms in total. The van der Waals surface area contributed by atoms with Crippen LogP contribution in [0, 0.1) is 0 Å². The lowest BCUT2D eigenvalue weighted by atomic mass is 10.1. The van der Waals surface area contributed by atoms with Crippen molar-refractivity contribution < 1.29 is 14.3 Å². The maximum absolute atomic E-state index is 13.8. The summed E-state index contributed by atoms with van der Waals surface area (Å²) in [6.45, 7) is 2.11. The molecule has 2 heterocycles. The van der Waals surface area contributed by atoms with Crippen molar-refractivity contribution >= 4 is 40.8 Å². The summed E-state index contributed by atoms with van der Waals surface area (Å²) >= 11 is 1.40. The first-order valence-corrected chi connectivity index (χ1v) is 11.8. The minimum Gasteiger partial charge on any atom is -0.383 e. The van der Waals surface area contributed by atoms with Crippen LogP contribution in [0.1, 0.15) is 22.8 Å². The normalized spacial score (nSPS) is 14.8. The van der Waals surface area contributed by atoms with Crippen LogP contribution in [0.25, 0.3) is 0 Å². The lowest BCUT2D eigenvalue weighted by molar-refractivity contribution is -0.115. The second-order valence-corrected chi connectivity index (χ2v) is 9.36. The fourth-order valence-electron chi connectivity index (χ4n) is 3.76. The summed E-state index contributed by atoms with van der Waals surface area (Å²) < 4.78 is 6.21. The van der Waals surface area contributed by atoms with E-state index in [9.17, 15) is 19.2 Å². The van der Waals surface area contributed by atoms with Gasteiger partial charge in [-0.25, -0.2) is 4.79 Å². The van der Waals surface area contributed by atoms with E-state index in [1.807, 2.05) is 30.3 Å². The molecule has 0 bridgehead atoms. The number of aromatic amines is 1. The molecule has 1 atom stereocenters. The van der Waals surface area contributed by atoms with E-state index in [1.54, 1.807) is 25.1 Å². The number of carbonyl (C=O) groups is 2. The molecule has 3 aromatic rings. The Morgan fingerprint density at radius 3 is 2.63 bits per heavy atom. The Kier molecular flexibility index (Phi) is 7.08. The van der Waals surface area contributed by atoms with Crippen molar-refractivity contribution in [3.8, 4) is 0 Å². The number of rotatable bonds is 7. The summed E-state index contributed by atoms with van der Waals surface area (Å²) in [6.07, 6.45) is 0.